The minimum atomic E-state index is 0.173. The molecule has 1 aliphatic rings. The van der Waals surface area contributed by atoms with E-state index in [4.69, 9.17) is 0 Å². The van der Waals surface area contributed by atoms with Gasteiger partial charge in [0.25, 0.3) is 0 Å². The van der Waals surface area contributed by atoms with E-state index in [9.17, 15) is 4.79 Å². The molecule has 0 bridgehead atoms. The van der Waals surface area contributed by atoms with Crippen LogP contribution in [0.25, 0.3) is 0 Å². The van der Waals surface area contributed by atoms with Crippen molar-refractivity contribution >= 4 is 29.3 Å². The van der Waals surface area contributed by atoms with Gasteiger partial charge < -0.3 is 0 Å². The van der Waals surface area contributed by atoms with E-state index in [2.05, 4.69) is 46.8 Å². The molecule has 0 N–H and O–H groups in total. The van der Waals surface area contributed by atoms with Crippen LogP contribution >= 0.6 is 23.5 Å². The van der Waals surface area contributed by atoms with E-state index < -0.39 is 0 Å². The van der Waals surface area contributed by atoms with Gasteiger partial charge in [-0.25, -0.2) is 0 Å². The summed E-state index contributed by atoms with van der Waals surface area (Å²) in [6.45, 7) is 10.9. The summed E-state index contributed by atoms with van der Waals surface area (Å²) in [6, 6.07) is 4.37. The van der Waals surface area contributed by atoms with E-state index in [1.807, 2.05) is 23.5 Å². The Balaban J connectivity index is 2.09. The highest BCUT2D eigenvalue weighted by atomic mass is 32.2. The van der Waals surface area contributed by atoms with E-state index >= 15 is 0 Å². The summed E-state index contributed by atoms with van der Waals surface area (Å²) in [6.07, 6.45) is 0.595. The fourth-order valence-electron chi connectivity index (χ4n) is 2.73. The summed E-state index contributed by atoms with van der Waals surface area (Å²) in [4.78, 5) is 12.6. The monoisotopic (exact) mass is 308 g/mol. The molecule has 1 aromatic carbocycles. The number of carbonyl (C=O) groups is 1. The molecule has 0 amide bonds. The van der Waals surface area contributed by atoms with Crippen molar-refractivity contribution in [2.24, 2.45) is 0 Å². The van der Waals surface area contributed by atoms with Gasteiger partial charge in [-0.05, 0) is 37.5 Å². The maximum atomic E-state index is 12.6. The molecule has 3 atom stereocenters. The molecule has 0 spiro atoms. The number of rotatable bonds is 3. The Kier molecular flexibility index (Phi) is 5.25. The second-order valence-corrected chi connectivity index (χ2v) is 8.88. The second kappa shape index (κ2) is 6.57. The number of Topliss-reactive ketones (excluding diaryl/α,β-unsaturated/α-hetero) is 1. The number of carbonyl (C=O) groups excluding carboxylic acids is 1. The topological polar surface area (TPSA) is 17.1 Å². The Labute approximate surface area is 131 Å². The van der Waals surface area contributed by atoms with E-state index in [-0.39, 0.29) is 5.25 Å². The Bertz CT molecular complexity index is 487. The largest absolute Gasteiger partial charge is 0.298 e. The van der Waals surface area contributed by atoms with Crippen molar-refractivity contribution in [3.05, 3.63) is 34.4 Å². The summed E-state index contributed by atoms with van der Waals surface area (Å²) in [5.74, 6) is 1.37. The lowest BCUT2D eigenvalue weighted by Crippen LogP contribution is -2.32. The van der Waals surface area contributed by atoms with Gasteiger partial charge in [0.05, 0.1) is 5.25 Å². The lowest BCUT2D eigenvalue weighted by atomic mass is 9.95. The van der Waals surface area contributed by atoms with Crippen molar-refractivity contribution in [3.63, 3.8) is 0 Å². The predicted octanol–water partition coefficient (Wildman–Crippen LogP) is 4.35. The molecule has 110 valence electrons. The first-order valence-electron chi connectivity index (χ1n) is 7.25. The number of thioether (sulfide) groups is 2. The molecular formula is C17H24OS2. The summed E-state index contributed by atoms with van der Waals surface area (Å²) in [7, 11) is 0. The lowest BCUT2D eigenvalue weighted by molar-refractivity contribution is -0.117. The van der Waals surface area contributed by atoms with Crippen molar-refractivity contribution in [2.45, 2.75) is 56.8 Å². The van der Waals surface area contributed by atoms with Crippen molar-refractivity contribution < 1.29 is 4.79 Å². The quantitative estimate of drug-likeness (QED) is 0.826. The Hall–Kier alpha value is -0.410. The van der Waals surface area contributed by atoms with Crippen molar-refractivity contribution in [3.8, 4) is 0 Å². The first-order chi connectivity index (χ1) is 9.38. The van der Waals surface area contributed by atoms with Crippen LogP contribution in [0.3, 0.4) is 0 Å². The van der Waals surface area contributed by atoms with Crippen LogP contribution in [-0.4, -0.2) is 27.3 Å². The summed E-state index contributed by atoms with van der Waals surface area (Å²) >= 11 is 3.81. The highest BCUT2D eigenvalue weighted by Crippen LogP contribution is 2.36. The van der Waals surface area contributed by atoms with E-state index in [0.29, 0.717) is 22.7 Å². The molecule has 1 fully saturated rings. The minimum Gasteiger partial charge on any atom is -0.298 e. The lowest BCUT2D eigenvalue weighted by Gasteiger charge is -2.30. The molecule has 0 aliphatic carbocycles. The zero-order chi connectivity index (χ0) is 14.9. The predicted molar refractivity (Wildman–Crippen MR) is 92.1 cm³/mol. The molecule has 1 heterocycles. The molecule has 1 saturated heterocycles. The highest BCUT2D eigenvalue weighted by molar-refractivity contribution is 8.08. The highest BCUT2D eigenvalue weighted by Gasteiger charge is 2.30. The van der Waals surface area contributed by atoms with Gasteiger partial charge >= 0.3 is 0 Å². The van der Waals surface area contributed by atoms with Crippen LogP contribution in [0.4, 0.5) is 0 Å². The average Bonchev–Trinajstić information content (AvgIpc) is 2.36. The average molecular weight is 309 g/mol. The first-order valence-corrected chi connectivity index (χ1v) is 9.24. The maximum absolute atomic E-state index is 12.6. The van der Waals surface area contributed by atoms with Crippen molar-refractivity contribution in [1.82, 2.24) is 0 Å². The molecule has 0 radical (unpaired) electrons. The Morgan fingerprint density at radius 3 is 2.30 bits per heavy atom. The van der Waals surface area contributed by atoms with Gasteiger partial charge in [0.1, 0.15) is 0 Å². The normalized spacial score (nSPS) is 26.6. The number of hydrogen-bond donors (Lipinski definition) is 0. The number of ketones is 1. The molecule has 1 aliphatic heterocycles. The van der Waals surface area contributed by atoms with Gasteiger partial charge in [0.15, 0.2) is 5.78 Å². The molecule has 3 unspecified atom stereocenters. The molecule has 1 nitrogen and oxygen atoms in total. The Morgan fingerprint density at radius 2 is 1.75 bits per heavy atom. The van der Waals surface area contributed by atoms with E-state index in [1.54, 1.807) is 0 Å². The van der Waals surface area contributed by atoms with Crippen LogP contribution in [0, 0.1) is 20.8 Å². The molecule has 20 heavy (non-hydrogen) atoms. The van der Waals surface area contributed by atoms with Crippen LogP contribution in [0.1, 0.15) is 36.1 Å². The van der Waals surface area contributed by atoms with Gasteiger partial charge in [-0.3, -0.25) is 4.79 Å². The summed E-state index contributed by atoms with van der Waals surface area (Å²) in [5.41, 5.74) is 5.02. The van der Waals surface area contributed by atoms with Gasteiger partial charge in [-0.15, -0.1) is 11.8 Å². The maximum Gasteiger partial charge on any atom is 0.151 e. The van der Waals surface area contributed by atoms with Crippen molar-refractivity contribution in [1.29, 1.82) is 0 Å². The molecule has 3 heteroatoms. The zero-order valence-corrected chi connectivity index (χ0v) is 14.7. The third kappa shape index (κ3) is 3.62. The number of benzene rings is 1. The van der Waals surface area contributed by atoms with Gasteiger partial charge in [-0.1, -0.05) is 31.5 Å². The zero-order valence-electron chi connectivity index (χ0n) is 13.0. The van der Waals surface area contributed by atoms with Gasteiger partial charge in [-0.2, -0.15) is 11.8 Å². The number of aryl methyl sites for hydroxylation is 3. The third-order valence-corrected chi connectivity index (χ3v) is 7.54. The van der Waals surface area contributed by atoms with Crippen molar-refractivity contribution in [2.75, 3.05) is 5.75 Å². The Morgan fingerprint density at radius 1 is 1.15 bits per heavy atom. The van der Waals surface area contributed by atoms with Crippen LogP contribution in [0.15, 0.2) is 12.1 Å². The van der Waals surface area contributed by atoms with E-state index in [1.165, 1.54) is 22.3 Å². The number of hydrogen-bond acceptors (Lipinski definition) is 3. The van der Waals surface area contributed by atoms with Crippen LogP contribution in [-0.2, 0) is 11.2 Å². The fraction of sp³-hybridized carbons (Fsp3) is 0.588. The van der Waals surface area contributed by atoms with Crippen LogP contribution < -0.4 is 0 Å². The first kappa shape index (κ1) is 16.0. The second-order valence-electron chi connectivity index (χ2n) is 5.89. The standard InChI is InChI=1S/C17H24OS2/c1-10-6-11(2)15(12(3)7-10)8-16(18)17-9-19-13(4)14(5)20-17/h6-7,13-14,17H,8-9H2,1-5H3. The van der Waals surface area contributed by atoms with Crippen LogP contribution in [0.5, 0.6) is 0 Å². The van der Waals surface area contributed by atoms with Crippen LogP contribution in [0.2, 0.25) is 0 Å². The SMILES string of the molecule is Cc1cc(C)c(CC(=O)C2CSC(C)C(C)S2)c(C)c1. The third-order valence-electron chi connectivity index (χ3n) is 4.10. The van der Waals surface area contributed by atoms with Gasteiger partial charge in [0, 0.05) is 22.7 Å². The fourth-order valence-corrected chi connectivity index (χ4v) is 5.62. The van der Waals surface area contributed by atoms with Gasteiger partial charge in [0.2, 0.25) is 0 Å². The van der Waals surface area contributed by atoms with E-state index in [0.717, 1.165) is 5.75 Å². The molecule has 0 saturated carbocycles. The molecule has 0 aromatic heterocycles. The smallest absolute Gasteiger partial charge is 0.151 e. The molecular weight excluding hydrogens is 284 g/mol. The minimum absolute atomic E-state index is 0.173. The molecule has 2 rings (SSSR count). The molecule has 1 aromatic rings. The summed E-state index contributed by atoms with van der Waals surface area (Å²) in [5, 5.41) is 1.40. The summed E-state index contributed by atoms with van der Waals surface area (Å²) < 4.78 is 0.